The molecule has 1 aliphatic heterocycles. The summed E-state index contributed by atoms with van der Waals surface area (Å²) < 4.78 is 33.7. The van der Waals surface area contributed by atoms with Gasteiger partial charge in [0, 0.05) is 28.4 Å². The van der Waals surface area contributed by atoms with Gasteiger partial charge in [-0.3, -0.25) is 0 Å². The Morgan fingerprint density at radius 2 is 1.35 bits per heavy atom. The van der Waals surface area contributed by atoms with Crippen molar-refractivity contribution in [3.05, 3.63) is 0 Å². The van der Waals surface area contributed by atoms with Crippen LogP contribution in [0.25, 0.3) is 0 Å². The van der Waals surface area contributed by atoms with Gasteiger partial charge in [-0.1, -0.05) is 0 Å². The lowest BCUT2D eigenvalue weighted by Crippen LogP contribution is -2.61. The Labute approximate surface area is 122 Å². The summed E-state index contributed by atoms with van der Waals surface area (Å²) in [5, 5.41) is 0. The Morgan fingerprint density at radius 3 is 1.75 bits per heavy atom. The van der Waals surface area contributed by atoms with Gasteiger partial charge < -0.3 is 28.1 Å². The van der Waals surface area contributed by atoms with E-state index in [0.717, 1.165) is 0 Å². The molecule has 0 amide bonds. The molecular weight excluding hydrogens is 280 g/mol. The van der Waals surface area contributed by atoms with E-state index in [4.69, 9.17) is 28.1 Å². The molecule has 0 aromatic carbocycles. The second-order valence-corrected chi connectivity index (χ2v) is 10.3. The molecular formula is C13H28O6Si. The molecule has 6 nitrogen and oxygen atoms in total. The van der Waals surface area contributed by atoms with E-state index in [9.17, 15) is 0 Å². The quantitative estimate of drug-likeness (QED) is 0.660. The maximum atomic E-state index is 5.94. The van der Waals surface area contributed by atoms with Gasteiger partial charge in [0.25, 0.3) is 0 Å². The van der Waals surface area contributed by atoms with Crippen molar-refractivity contribution in [1.29, 1.82) is 0 Å². The maximum Gasteiger partial charge on any atom is 0.186 e. The van der Waals surface area contributed by atoms with E-state index in [0.29, 0.717) is 6.61 Å². The smallest absolute Gasteiger partial charge is 0.186 e. The molecule has 0 saturated carbocycles. The first-order chi connectivity index (χ1) is 9.37. The lowest BCUT2D eigenvalue weighted by atomic mass is 9.98. The third-order valence-corrected chi connectivity index (χ3v) is 4.35. The van der Waals surface area contributed by atoms with Crippen molar-refractivity contribution in [2.45, 2.75) is 50.3 Å². The standard InChI is InChI=1S/C13H28O6Si/c1-14-10-9(8-18-20(5,6)7)19-13(17-4)12(16-3)11(10)15-2/h9-13H,8H2,1-7H3. The maximum absolute atomic E-state index is 5.94. The summed E-state index contributed by atoms with van der Waals surface area (Å²) in [6.07, 6.45) is -1.59. The lowest BCUT2D eigenvalue weighted by Gasteiger charge is -2.44. The molecule has 5 atom stereocenters. The fourth-order valence-electron chi connectivity index (χ4n) is 2.34. The molecule has 0 radical (unpaired) electrons. The van der Waals surface area contributed by atoms with E-state index < -0.39 is 14.6 Å². The third kappa shape index (κ3) is 4.49. The first kappa shape index (κ1) is 18.0. The summed E-state index contributed by atoms with van der Waals surface area (Å²) in [6.45, 7) is 6.87. The van der Waals surface area contributed by atoms with Crippen LogP contribution in [0.4, 0.5) is 0 Å². The molecule has 1 fully saturated rings. The molecule has 5 unspecified atom stereocenters. The van der Waals surface area contributed by atoms with Gasteiger partial charge in [0.1, 0.15) is 24.4 Å². The zero-order chi connectivity index (χ0) is 15.3. The monoisotopic (exact) mass is 308 g/mol. The van der Waals surface area contributed by atoms with Crippen LogP contribution in [0.1, 0.15) is 0 Å². The molecule has 1 rings (SSSR count). The van der Waals surface area contributed by atoms with E-state index in [1.165, 1.54) is 0 Å². The van der Waals surface area contributed by atoms with Crippen LogP contribution in [0.5, 0.6) is 0 Å². The number of hydrogen-bond donors (Lipinski definition) is 0. The number of hydrogen-bond acceptors (Lipinski definition) is 6. The minimum atomic E-state index is -1.62. The normalized spacial score (nSPS) is 35.2. The summed E-state index contributed by atoms with van der Waals surface area (Å²) in [7, 11) is 4.85. The molecule has 1 aliphatic rings. The summed E-state index contributed by atoms with van der Waals surface area (Å²) in [6, 6.07) is 0. The number of ether oxygens (including phenoxy) is 5. The van der Waals surface area contributed by atoms with Crippen LogP contribution in [0.3, 0.4) is 0 Å². The molecule has 0 aromatic heterocycles. The van der Waals surface area contributed by atoms with Gasteiger partial charge in [-0.25, -0.2) is 0 Å². The zero-order valence-electron chi connectivity index (χ0n) is 13.5. The van der Waals surface area contributed by atoms with Crippen molar-refractivity contribution in [2.24, 2.45) is 0 Å². The van der Waals surface area contributed by atoms with Crippen LogP contribution < -0.4 is 0 Å². The van der Waals surface area contributed by atoms with Crippen LogP contribution in [0, 0.1) is 0 Å². The van der Waals surface area contributed by atoms with E-state index in [1.807, 2.05) is 0 Å². The zero-order valence-corrected chi connectivity index (χ0v) is 14.5. The minimum absolute atomic E-state index is 0.243. The van der Waals surface area contributed by atoms with E-state index in [1.54, 1.807) is 28.4 Å². The van der Waals surface area contributed by atoms with E-state index >= 15 is 0 Å². The molecule has 0 aliphatic carbocycles. The van der Waals surface area contributed by atoms with Crippen LogP contribution in [-0.2, 0) is 28.1 Å². The van der Waals surface area contributed by atoms with Crippen LogP contribution >= 0.6 is 0 Å². The molecule has 1 heterocycles. The summed E-state index contributed by atoms with van der Waals surface area (Å²) in [5.41, 5.74) is 0. The highest BCUT2D eigenvalue weighted by molar-refractivity contribution is 6.69. The molecule has 1 saturated heterocycles. The van der Waals surface area contributed by atoms with Gasteiger partial charge in [-0.2, -0.15) is 0 Å². The first-order valence-electron chi connectivity index (χ1n) is 6.78. The van der Waals surface area contributed by atoms with Crippen molar-refractivity contribution in [3.8, 4) is 0 Å². The molecule has 0 N–H and O–H groups in total. The minimum Gasteiger partial charge on any atom is -0.415 e. The highest BCUT2D eigenvalue weighted by Crippen LogP contribution is 2.28. The molecule has 0 bridgehead atoms. The molecule has 20 heavy (non-hydrogen) atoms. The second kappa shape index (κ2) is 7.84. The van der Waals surface area contributed by atoms with Crippen molar-refractivity contribution >= 4 is 8.32 Å². The Balaban J connectivity index is 2.82. The summed E-state index contributed by atoms with van der Waals surface area (Å²) in [5.74, 6) is 0. The van der Waals surface area contributed by atoms with Gasteiger partial charge in [0.2, 0.25) is 0 Å². The Kier molecular flexibility index (Phi) is 7.06. The predicted molar refractivity (Wildman–Crippen MR) is 77.4 cm³/mol. The number of methoxy groups -OCH3 is 4. The largest absolute Gasteiger partial charge is 0.415 e. The van der Waals surface area contributed by atoms with Crippen molar-refractivity contribution < 1.29 is 28.1 Å². The SMILES string of the molecule is COC1OC(CO[Si](C)(C)C)C(OC)C(OC)C1OC. The van der Waals surface area contributed by atoms with Crippen LogP contribution in [0.15, 0.2) is 0 Å². The van der Waals surface area contributed by atoms with E-state index in [-0.39, 0.29) is 24.4 Å². The predicted octanol–water partition coefficient (Wildman–Crippen LogP) is 1.25. The average Bonchev–Trinajstić information content (AvgIpc) is 2.41. The Bertz CT molecular complexity index is 283. The summed E-state index contributed by atoms with van der Waals surface area (Å²) >= 11 is 0. The Morgan fingerprint density at radius 1 is 0.800 bits per heavy atom. The molecule has 120 valence electrons. The van der Waals surface area contributed by atoms with Crippen molar-refractivity contribution in [2.75, 3.05) is 35.0 Å². The van der Waals surface area contributed by atoms with Gasteiger partial charge in [-0.05, 0) is 19.6 Å². The summed E-state index contributed by atoms with van der Waals surface area (Å²) in [4.78, 5) is 0. The van der Waals surface area contributed by atoms with Crippen molar-refractivity contribution in [3.63, 3.8) is 0 Å². The van der Waals surface area contributed by atoms with Gasteiger partial charge in [0.05, 0.1) is 6.61 Å². The average molecular weight is 308 g/mol. The molecule has 0 aromatic rings. The highest BCUT2D eigenvalue weighted by Gasteiger charge is 2.47. The lowest BCUT2D eigenvalue weighted by molar-refractivity contribution is -0.305. The molecule has 7 heteroatoms. The Hall–Kier alpha value is -0.0231. The topological polar surface area (TPSA) is 55.4 Å². The third-order valence-electron chi connectivity index (χ3n) is 3.32. The van der Waals surface area contributed by atoms with Gasteiger partial charge in [-0.15, -0.1) is 0 Å². The van der Waals surface area contributed by atoms with Crippen molar-refractivity contribution in [1.82, 2.24) is 0 Å². The van der Waals surface area contributed by atoms with Gasteiger partial charge in [0.15, 0.2) is 14.6 Å². The van der Waals surface area contributed by atoms with Crippen LogP contribution in [0.2, 0.25) is 19.6 Å². The second-order valence-electron chi connectivity index (χ2n) is 5.80. The van der Waals surface area contributed by atoms with E-state index in [2.05, 4.69) is 19.6 Å². The molecule has 0 spiro atoms. The fourth-order valence-corrected chi connectivity index (χ4v) is 3.00. The van der Waals surface area contributed by atoms with Crippen LogP contribution in [-0.4, -0.2) is 74.1 Å². The number of rotatable bonds is 7. The fraction of sp³-hybridized carbons (Fsp3) is 1.00. The highest BCUT2D eigenvalue weighted by atomic mass is 28.4. The first-order valence-corrected chi connectivity index (χ1v) is 10.2. The van der Waals surface area contributed by atoms with Gasteiger partial charge >= 0.3 is 0 Å².